The summed E-state index contributed by atoms with van der Waals surface area (Å²) in [7, 11) is 0. The molecule has 0 saturated carbocycles. The summed E-state index contributed by atoms with van der Waals surface area (Å²) < 4.78 is 12.0. The summed E-state index contributed by atoms with van der Waals surface area (Å²) in [5, 5.41) is 9.12. The highest BCUT2D eigenvalue weighted by atomic mass is 79.9. The van der Waals surface area contributed by atoms with E-state index in [1.807, 2.05) is 6.92 Å². The molecule has 1 aliphatic heterocycles. The van der Waals surface area contributed by atoms with Gasteiger partial charge in [0.05, 0.1) is 13.2 Å². The third kappa shape index (κ3) is 2.69. The second-order valence-electron chi connectivity index (χ2n) is 4.30. The van der Waals surface area contributed by atoms with E-state index in [9.17, 15) is 4.79 Å². The summed E-state index contributed by atoms with van der Waals surface area (Å²) in [6.45, 7) is 3.09. The molecule has 0 radical (unpaired) electrons. The normalized spacial score (nSPS) is 15.7. The van der Waals surface area contributed by atoms with Crippen LogP contribution in [0.3, 0.4) is 0 Å². The minimum atomic E-state index is -1.08. The minimum Gasteiger partial charge on any atom is -0.490 e. The molecular formula is C13H16BrNO4. The molecule has 0 saturated heterocycles. The van der Waals surface area contributed by atoms with Crippen LogP contribution in [0.4, 0.5) is 0 Å². The van der Waals surface area contributed by atoms with E-state index < -0.39 is 12.0 Å². The van der Waals surface area contributed by atoms with Gasteiger partial charge in [-0.1, -0.05) is 22.9 Å². The molecule has 0 fully saturated rings. The van der Waals surface area contributed by atoms with E-state index >= 15 is 0 Å². The van der Waals surface area contributed by atoms with Crippen LogP contribution in [0, 0.1) is 0 Å². The summed E-state index contributed by atoms with van der Waals surface area (Å²) in [5.41, 5.74) is 7.11. The standard InChI is InChI=1S/C13H16BrNO4/c1-2-7-10(11(15)13(16)17)8(14)6-9-12(7)19-5-3-4-18-9/h6,11H,2-5,15H2,1H3,(H,16,17). The lowest BCUT2D eigenvalue weighted by molar-refractivity contribution is -0.138. The highest BCUT2D eigenvalue weighted by molar-refractivity contribution is 9.10. The minimum absolute atomic E-state index is 0.555. The van der Waals surface area contributed by atoms with Crippen molar-refractivity contribution in [1.82, 2.24) is 0 Å². The quantitative estimate of drug-likeness (QED) is 0.888. The third-order valence-corrected chi connectivity index (χ3v) is 3.72. The van der Waals surface area contributed by atoms with Gasteiger partial charge in [-0.2, -0.15) is 0 Å². The zero-order valence-electron chi connectivity index (χ0n) is 10.6. The van der Waals surface area contributed by atoms with Crippen molar-refractivity contribution in [3.05, 3.63) is 21.7 Å². The molecule has 5 nitrogen and oxygen atoms in total. The maximum Gasteiger partial charge on any atom is 0.325 e. The average molecular weight is 330 g/mol. The first kappa shape index (κ1) is 14.1. The van der Waals surface area contributed by atoms with Crippen molar-refractivity contribution >= 4 is 21.9 Å². The van der Waals surface area contributed by atoms with Crippen molar-refractivity contribution in [3.8, 4) is 11.5 Å². The average Bonchev–Trinajstić information content (AvgIpc) is 2.61. The molecule has 1 aliphatic rings. The number of aliphatic carboxylic acids is 1. The molecule has 19 heavy (non-hydrogen) atoms. The Bertz CT molecular complexity index is 504. The van der Waals surface area contributed by atoms with E-state index in [0.717, 1.165) is 12.0 Å². The Morgan fingerprint density at radius 2 is 2.21 bits per heavy atom. The summed E-state index contributed by atoms with van der Waals surface area (Å²) in [6.07, 6.45) is 1.43. The zero-order valence-corrected chi connectivity index (χ0v) is 12.2. The van der Waals surface area contributed by atoms with Crippen LogP contribution in [-0.4, -0.2) is 24.3 Å². The van der Waals surface area contributed by atoms with Gasteiger partial charge < -0.3 is 20.3 Å². The number of hydrogen-bond acceptors (Lipinski definition) is 4. The lowest BCUT2D eigenvalue weighted by atomic mass is 9.97. The van der Waals surface area contributed by atoms with E-state index in [0.29, 0.717) is 41.2 Å². The number of halogens is 1. The van der Waals surface area contributed by atoms with Gasteiger partial charge in [-0.3, -0.25) is 4.79 Å². The first-order chi connectivity index (χ1) is 9.06. The van der Waals surface area contributed by atoms with E-state index in [4.69, 9.17) is 20.3 Å². The van der Waals surface area contributed by atoms with Gasteiger partial charge in [0.1, 0.15) is 6.04 Å². The van der Waals surface area contributed by atoms with Crippen molar-refractivity contribution in [2.24, 2.45) is 5.73 Å². The molecule has 0 aromatic heterocycles. The maximum absolute atomic E-state index is 11.1. The molecule has 6 heteroatoms. The fourth-order valence-electron chi connectivity index (χ4n) is 2.17. The Hall–Kier alpha value is -1.27. The summed E-state index contributed by atoms with van der Waals surface area (Å²) in [5.74, 6) is 0.197. The van der Waals surface area contributed by atoms with Crippen LogP contribution in [-0.2, 0) is 11.2 Å². The van der Waals surface area contributed by atoms with Crippen LogP contribution in [0.5, 0.6) is 11.5 Å². The number of nitrogens with two attached hydrogens (primary N) is 1. The molecule has 0 aliphatic carbocycles. The number of carboxylic acids is 1. The smallest absolute Gasteiger partial charge is 0.325 e. The van der Waals surface area contributed by atoms with Gasteiger partial charge in [-0.15, -0.1) is 0 Å². The predicted octanol–water partition coefficient (Wildman–Crippen LogP) is 2.26. The largest absolute Gasteiger partial charge is 0.490 e. The third-order valence-electron chi connectivity index (χ3n) is 3.06. The number of rotatable bonds is 3. The van der Waals surface area contributed by atoms with Crippen LogP contribution in [0.2, 0.25) is 0 Å². The van der Waals surface area contributed by atoms with E-state index in [1.165, 1.54) is 0 Å². The fraction of sp³-hybridized carbons (Fsp3) is 0.462. The van der Waals surface area contributed by atoms with Crippen LogP contribution in [0.1, 0.15) is 30.5 Å². The summed E-state index contributed by atoms with van der Waals surface area (Å²) in [4.78, 5) is 11.1. The lowest BCUT2D eigenvalue weighted by Gasteiger charge is -2.19. The Morgan fingerprint density at radius 1 is 1.53 bits per heavy atom. The number of hydrogen-bond donors (Lipinski definition) is 2. The molecule has 0 bridgehead atoms. The molecule has 104 valence electrons. The topological polar surface area (TPSA) is 81.8 Å². The lowest BCUT2D eigenvalue weighted by Crippen LogP contribution is -2.23. The van der Waals surface area contributed by atoms with Crippen molar-refractivity contribution < 1.29 is 19.4 Å². The Labute approximate surface area is 119 Å². The maximum atomic E-state index is 11.1. The molecule has 0 amide bonds. The second-order valence-corrected chi connectivity index (χ2v) is 5.15. The van der Waals surface area contributed by atoms with Gasteiger partial charge in [0, 0.05) is 22.0 Å². The first-order valence-corrected chi connectivity index (χ1v) is 6.94. The number of carbonyl (C=O) groups is 1. The fourth-order valence-corrected chi connectivity index (χ4v) is 2.86. The van der Waals surface area contributed by atoms with E-state index in [1.54, 1.807) is 6.07 Å². The first-order valence-electron chi connectivity index (χ1n) is 6.15. The molecular weight excluding hydrogens is 314 g/mol. The predicted molar refractivity (Wildman–Crippen MR) is 73.7 cm³/mol. The van der Waals surface area contributed by atoms with Gasteiger partial charge in [-0.05, 0) is 12.5 Å². The van der Waals surface area contributed by atoms with Crippen molar-refractivity contribution in [1.29, 1.82) is 0 Å². The zero-order chi connectivity index (χ0) is 14.0. The van der Waals surface area contributed by atoms with E-state index in [2.05, 4.69) is 15.9 Å². The SMILES string of the molecule is CCc1c2c(cc(Br)c1C(N)C(=O)O)OCCCO2. The Balaban J connectivity index is 2.61. The highest BCUT2D eigenvalue weighted by Crippen LogP contribution is 2.42. The van der Waals surface area contributed by atoms with Crippen LogP contribution in [0.25, 0.3) is 0 Å². The van der Waals surface area contributed by atoms with Crippen molar-refractivity contribution in [2.45, 2.75) is 25.8 Å². The molecule has 1 unspecified atom stereocenters. The van der Waals surface area contributed by atoms with Crippen LogP contribution < -0.4 is 15.2 Å². The molecule has 0 spiro atoms. The number of fused-ring (bicyclic) bond motifs is 1. The number of carboxylic acid groups (broad SMARTS) is 1. The molecule has 1 aromatic carbocycles. The summed E-state index contributed by atoms with van der Waals surface area (Å²) in [6, 6.07) is 0.652. The molecule has 3 N–H and O–H groups in total. The van der Waals surface area contributed by atoms with Crippen LogP contribution in [0.15, 0.2) is 10.5 Å². The van der Waals surface area contributed by atoms with Gasteiger partial charge >= 0.3 is 5.97 Å². The van der Waals surface area contributed by atoms with Gasteiger partial charge in [0.25, 0.3) is 0 Å². The Morgan fingerprint density at radius 3 is 2.84 bits per heavy atom. The van der Waals surface area contributed by atoms with Crippen molar-refractivity contribution in [3.63, 3.8) is 0 Å². The molecule has 1 heterocycles. The highest BCUT2D eigenvalue weighted by Gasteiger charge is 2.26. The van der Waals surface area contributed by atoms with Crippen molar-refractivity contribution in [2.75, 3.05) is 13.2 Å². The monoisotopic (exact) mass is 329 g/mol. The molecule has 2 rings (SSSR count). The molecule has 1 aromatic rings. The number of ether oxygens (including phenoxy) is 2. The van der Waals surface area contributed by atoms with E-state index in [-0.39, 0.29) is 0 Å². The number of benzene rings is 1. The van der Waals surface area contributed by atoms with Gasteiger partial charge in [0.15, 0.2) is 11.5 Å². The van der Waals surface area contributed by atoms with Gasteiger partial charge in [-0.25, -0.2) is 0 Å². The Kier molecular flexibility index (Phi) is 4.31. The van der Waals surface area contributed by atoms with Crippen LogP contribution >= 0.6 is 15.9 Å². The molecule has 1 atom stereocenters. The second kappa shape index (κ2) is 5.79. The summed E-state index contributed by atoms with van der Waals surface area (Å²) >= 11 is 3.38. The van der Waals surface area contributed by atoms with Gasteiger partial charge in [0.2, 0.25) is 0 Å².